The number of methoxy groups -OCH3 is 1. The summed E-state index contributed by atoms with van der Waals surface area (Å²) in [6, 6.07) is 22.9. The predicted molar refractivity (Wildman–Crippen MR) is 117 cm³/mol. The Hall–Kier alpha value is -3.47. The van der Waals surface area contributed by atoms with Crippen LogP contribution in [0, 0.1) is 0 Å². The first-order valence-electron chi connectivity index (χ1n) is 10.0. The van der Waals surface area contributed by atoms with E-state index in [4.69, 9.17) is 14.2 Å². The number of nitrogens with one attached hydrogen (secondary N) is 1. The zero-order chi connectivity index (χ0) is 21.2. The van der Waals surface area contributed by atoms with Gasteiger partial charge in [-0.25, -0.2) is 0 Å². The van der Waals surface area contributed by atoms with Gasteiger partial charge in [-0.3, -0.25) is 4.79 Å². The van der Waals surface area contributed by atoms with E-state index in [0.717, 1.165) is 34.8 Å². The largest absolute Gasteiger partial charge is 0.497 e. The quantitative estimate of drug-likeness (QED) is 0.534. The van der Waals surface area contributed by atoms with Crippen LogP contribution in [-0.4, -0.2) is 26.2 Å². The van der Waals surface area contributed by atoms with Gasteiger partial charge in [0.2, 0.25) is 0 Å². The highest BCUT2D eigenvalue weighted by Gasteiger charge is 2.11. The van der Waals surface area contributed by atoms with Crippen molar-refractivity contribution in [1.82, 2.24) is 5.32 Å². The van der Waals surface area contributed by atoms with Gasteiger partial charge in [-0.15, -0.1) is 0 Å². The zero-order valence-corrected chi connectivity index (χ0v) is 17.4. The predicted octanol–water partition coefficient (Wildman–Crippen LogP) is 4.65. The van der Waals surface area contributed by atoms with Gasteiger partial charge in [0.15, 0.2) is 0 Å². The molecule has 5 nitrogen and oxygen atoms in total. The lowest BCUT2D eigenvalue weighted by atomic mass is 10.1. The summed E-state index contributed by atoms with van der Waals surface area (Å²) in [5.41, 5.74) is 2.56. The number of para-hydroxylation sites is 1. The second kappa shape index (κ2) is 10.9. The molecular formula is C25H27NO4. The van der Waals surface area contributed by atoms with Crippen LogP contribution in [0.3, 0.4) is 0 Å². The van der Waals surface area contributed by atoms with Crippen molar-refractivity contribution in [3.05, 3.63) is 89.5 Å². The van der Waals surface area contributed by atoms with Crippen LogP contribution in [0.25, 0.3) is 0 Å². The highest BCUT2D eigenvalue weighted by Crippen LogP contribution is 2.23. The zero-order valence-electron chi connectivity index (χ0n) is 17.4. The first kappa shape index (κ1) is 21.2. The maximum absolute atomic E-state index is 12.6. The lowest BCUT2D eigenvalue weighted by Crippen LogP contribution is -2.25. The summed E-state index contributed by atoms with van der Waals surface area (Å²) in [4.78, 5) is 12.6. The molecule has 0 saturated heterocycles. The molecule has 1 amide bonds. The molecule has 5 heteroatoms. The fourth-order valence-electron chi connectivity index (χ4n) is 3.02. The molecule has 1 N–H and O–H groups in total. The maximum atomic E-state index is 12.6. The highest BCUT2D eigenvalue weighted by molar-refractivity contribution is 5.94. The molecule has 0 aliphatic heterocycles. The SMILES string of the molecule is CCOc1ccc(C(=O)NCCc2ccc(OC)cc2)cc1COc1ccccc1. The molecule has 156 valence electrons. The Bertz CT molecular complexity index is 939. The summed E-state index contributed by atoms with van der Waals surface area (Å²) in [6.07, 6.45) is 0.747. The summed E-state index contributed by atoms with van der Waals surface area (Å²) in [5, 5.41) is 2.98. The smallest absolute Gasteiger partial charge is 0.251 e. The van der Waals surface area contributed by atoms with Crippen LogP contribution in [-0.2, 0) is 13.0 Å². The van der Waals surface area contributed by atoms with Crippen LogP contribution in [0.1, 0.15) is 28.4 Å². The number of benzene rings is 3. The molecule has 30 heavy (non-hydrogen) atoms. The number of carbonyl (C=O) groups excluding carboxylic acids is 1. The first-order valence-corrected chi connectivity index (χ1v) is 10.0. The lowest BCUT2D eigenvalue weighted by molar-refractivity contribution is 0.0954. The lowest BCUT2D eigenvalue weighted by Gasteiger charge is -2.13. The molecular weight excluding hydrogens is 378 g/mol. The van der Waals surface area contributed by atoms with Crippen LogP contribution < -0.4 is 19.5 Å². The molecule has 0 fully saturated rings. The molecule has 3 aromatic rings. The Morgan fingerprint density at radius 1 is 0.900 bits per heavy atom. The number of ether oxygens (including phenoxy) is 3. The van der Waals surface area contributed by atoms with Gasteiger partial charge in [0.1, 0.15) is 23.9 Å². The topological polar surface area (TPSA) is 56.8 Å². The first-order chi connectivity index (χ1) is 14.7. The van der Waals surface area contributed by atoms with Crippen LogP contribution in [0.2, 0.25) is 0 Å². The van der Waals surface area contributed by atoms with E-state index in [0.29, 0.717) is 25.3 Å². The van der Waals surface area contributed by atoms with Crippen LogP contribution >= 0.6 is 0 Å². The number of rotatable bonds is 10. The Morgan fingerprint density at radius 2 is 1.67 bits per heavy atom. The monoisotopic (exact) mass is 405 g/mol. The van der Waals surface area contributed by atoms with E-state index >= 15 is 0 Å². The summed E-state index contributed by atoms with van der Waals surface area (Å²) >= 11 is 0. The van der Waals surface area contributed by atoms with Gasteiger partial charge in [-0.05, 0) is 61.4 Å². The van der Waals surface area contributed by atoms with Gasteiger partial charge >= 0.3 is 0 Å². The molecule has 3 aromatic carbocycles. The Balaban J connectivity index is 1.61. The third-order valence-electron chi connectivity index (χ3n) is 4.62. The Morgan fingerprint density at radius 3 is 2.37 bits per heavy atom. The minimum Gasteiger partial charge on any atom is -0.497 e. The molecule has 0 atom stereocenters. The third-order valence-corrected chi connectivity index (χ3v) is 4.62. The summed E-state index contributed by atoms with van der Waals surface area (Å²) < 4.78 is 16.7. The van der Waals surface area contributed by atoms with Crippen molar-refractivity contribution < 1.29 is 19.0 Å². The van der Waals surface area contributed by atoms with Crippen molar-refractivity contribution >= 4 is 5.91 Å². The van der Waals surface area contributed by atoms with Crippen molar-refractivity contribution in [1.29, 1.82) is 0 Å². The molecule has 0 saturated carbocycles. The minimum absolute atomic E-state index is 0.118. The van der Waals surface area contributed by atoms with E-state index in [1.165, 1.54) is 0 Å². The molecule has 0 spiro atoms. The second-order valence-corrected chi connectivity index (χ2v) is 6.71. The molecule has 0 aromatic heterocycles. The minimum atomic E-state index is -0.118. The molecule has 0 aliphatic rings. The average molecular weight is 405 g/mol. The van der Waals surface area contributed by atoms with Crippen molar-refractivity contribution in [3.63, 3.8) is 0 Å². The number of amides is 1. The molecule has 0 unspecified atom stereocenters. The average Bonchev–Trinajstić information content (AvgIpc) is 2.79. The van der Waals surface area contributed by atoms with E-state index in [1.807, 2.05) is 73.7 Å². The molecule has 0 aliphatic carbocycles. The fraction of sp³-hybridized carbons (Fsp3) is 0.240. The highest BCUT2D eigenvalue weighted by atomic mass is 16.5. The standard InChI is InChI=1S/C25H27NO4/c1-3-29-24-14-11-20(17-21(24)18-30-23-7-5-4-6-8-23)25(27)26-16-15-19-9-12-22(28-2)13-10-19/h4-14,17H,3,15-16,18H2,1-2H3,(H,26,27). The number of carbonyl (C=O) groups is 1. The van der Waals surface area contributed by atoms with Gasteiger partial charge in [0.25, 0.3) is 5.91 Å². The van der Waals surface area contributed by atoms with Crippen molar-refractivity contribution in [2.75, 3.05) is 20.3 Å². The van der Waals surface area contributed by atoms with E-state index in [2.05, 4.69) is 5.32 Å². The van der Waals surface area contributed by atoms with E-state index in [9.17, 15) is 4.79 Å². The molecule has 0 heterocycles. The van der Waals surface area contributed by atoms with Crippen molar-refractivity contribution in [3.8, 4) is 17.2 Å². The van der Waals surface area contributed by atoms with Crippen molar-refractivity contribution in [2.45, 2.75) is 20.0 Å². The molecule has 3 rings (SSSR count). The Labute approximate surface area is 177 Å². The maximum Gasteiger partial charge on any atom is 0.251 e. The third kappa shape index (κ3) is 6.01. The summed E-state index contributed by atoms with van der Waals surface area (Å²) in [6.45, 7) is 3.36. The van der Waals surface area contributed by atoms with E-state index < -0.39 is 0 Å². The Kier molecular flexibility index (Phi) is 7.72. The van der Waals surface area contributed by atoms with Crippen LogP contribution in [0.15, 0.2) is 72.8 Å². The van der Waals surface area contributed by atoms with E-state index in [-0.39, 0.29) is 5.91 Å². The molecule has 0 radical (unpaired) electrons. The van der Waals surface area contributed by atoms with Gasteiger partial charge < -0.3 is 19.5 Å². The van der Waals surface area contributed by atoms with E-state index in [1.54, 1.807) is 13.2 Å². The van der Waals surface area contributed by atoms with Crippen LogP contribution in [0.5, 0.6) is 17.2 Å². The number of hydrogen-bond acceptors (Lipinski definition) is 4. The van der Waals surface area contributed by atoms with Gasteiger partial charge in [0, 0.05) is 17.7 Å². The fourth-order valence-corrected chi connectivity index (χ4v) is 3.02. The van der Waals surface area contributed by atoms with Crippen LogP contribution in [0.4, 0.5) is 0 Å². The normalized spacial score (nSPS) is 10.3. The van der Waals surface area contributed by atoms with Gasteiger partial charge in [-0.1, -0.05) is 30.3 Å². The second-order valence-electron chi connectivity index (χ2n) is 6.71. The van der Waals surface area contributed by atoms with Gasteiger partial charge in [0.05, 0.1) is 13.7 Å². The van der Waals surface area contributed by atoms with Crippen molar-refractivity contribution in [2.24, 2.45) is 0 Å². The molecule has 0 bridgehead atoms. The summed E-state index contributed by atoms with van der Waals surface area (Å²) in [5.74, 6) is 2.20. The number of hydrogen-bond donors (Lipinski definition) is 1. The van der Waals surface area contributed by atoms with Gasteiger partial charge in [-0.2, -0.15) is 0 Å². The summed E-state index contributed by atoms with van der Waals surface area (Å²) in [7, 11) is 1.64.